The Morgan fingerprint density at radius 3 is 2.59 bits per heavy atom. The predicted molar refractivity (Wildman–Crippen MR) is 93.2 cm³/mol. The van der Waals surface area contributed by atoms with E-state index in [0.29, 0.717) is 0 Å². The van der Waals surface area contributed by atoms with Crippen molar-refractivity contribution in [3.63, 3.8) is 0 Å². The number of fused-ring (bicyclic) bond motifs is 1. The highest BCUT2D eigenvalue weighted by Crippen LogP contribution is 2.35. The molecule has 4 heteroatoms. The van der Waals surface area contributed by atoms with Gasteiger partial charge in [-0.2, -0.15) is 0 Å². The van der Waals surface area contributed by atoms with E-state index in [1.165, 1.54) is 4.70 Å². The van der Waals surface area contributed by atoms with Gasteiger partial charge in [0.1, 0.15) is 5.01 Å². The maximum atomic E-state index is 10.5. The van der Waals surface area contributed by atoms with E-state index in [4.69, 9.17) is 4.98 Å². The van der Waals surface area contributed by atoms with Crippen molar-refractivity contribution in [2.75, 3.05) is 20.6 Å². The Hall–Kier alpha value is -1.75. The molecule has 0 spiro atoms. The fourth-order valence-electron chi connectivity index (χ4n) is 2.51. The molecule has 0 aliphatic carbocycles. The van der Waals surface area contributed by atoms with Gasteiger partial charge in [0.05, 0.1) is 16.3 Å². The third kappa shape index (κ3) is 3.19. The van der Waals surface area contributed by atoms with Gasteiger partial charge < -0.3 is 10.0 Å². The summed E-state index contributed by atoms with van der Waals surface area (Å²) >= 11 is 1.67. The Labute approximate surface area is 134 Å². The van der Waals surface area contributed by atoms with Gasteiger partial charge in [0, 0.05) is 12.1 Å². The molecule has 1 heterocycles. The number of aromatic nitrogens is 1. The number of hydrogen-bond donors (Lipinski definition) is 1. The lowest BCUT2D eigenvalue weighted by atomic mass is 10.0. The summed E-state index contributed by atoms with van der Waals surface area (Å²) in [5, 5.41) is 11.5. The third-order valence-electron chi connectivity index (χ3n) is 3.69. The number of hydrogen-bond acceptors (Lipinski definition) is 4. The van der Waals surface area contributed by atoms with E-state index in [9.17, 15) is 5.11 Å². The van der Waals surface area contributed by atoms with Crippen LogP contribution in [0.25, 0.3) is 20.8 Å². The number of rotatable bonds is 5. The van der Waals surface area contributed by atoms with Crippen molar-refractivity contribution in [3.05, 3.63) is 54.1 Å². The predicted octanol–water partition coefficient (Wildman–Crippen LogP) is 3.95. The SMILES string of the molecule is CN(C)CCC(O)c1ccccc1-c1nc2ccccc2s1. The van der Waals surface area contributed by atoms with Crippen molar-refractivity contribution >= 4 is 21.6 Å². The highest BCUT2D eigenvalue weighted by molar-refractivity contribution is 7.21. The first-order valence-electron chi connectivity index (χ1n) is 7.43. The summed E-state index contributed by atoms with van der Waals surface area (Å²) in [6.45, 7) is 0.856. The van der Waals surface area contributed by atoms with Gasteiger partial charge in [-0.25, -0.2) is 4.98 Å². The molecule has 1 N–H and O–H groups in total. The fourth-order valence-corrected chi connectivity index (χ4v) is 3.52. The third-order valence-corrected chi connectivity index (χ3v) is 4.76. The fraction of sp³-hybridized carbons (Fsp3) is 0.278. The van der Waals surface area contributed by atoms with Crippen LogP contribution in [-0.2, 0) is 0 Å². The molecule has 0 bridgehead atoms. The summed E-state index contributed by atoms with van der Waals surface area (Å²) in [5.41, 5.74) is 3.01. The van der Waals surface area contributed by atoms with E-state index >= 15 is 0 Å². The topological polar surface area (TPSA) is 36.4 Å². The van der Waals surface area contributed by atoms with E-state index < -0.39 is 6.10 Å². The quantitative estimate of drug-likeness (QED) is 0.775. The smallest absolute Gasteiger partial charge is 0.124 e. The van der Waals surface area contributed by atoms with Crippen LogP contribution in [0.5, 0.6) is 0 Å². The summed E-state index contributed by atoms with van der Waals surface area (Å²) in [4.78, 5) is 6.81. The number of aliphatic hydroxyl groups excluding tert-OH is 1. The lowest BCUT2D eigenvalue weighted by Gasteiger charge is -2.17. The molecular formula is C18H20N2OS. The van der Waals surface area contributed by atoms with Crippen molar-refractivity contribution in [2.45, 2.75) is 12.5 Å². The average Bonchev–Trinajstić information content (AvgIpc) is 2.96. The van der Waals surface area contributed by atoms with Gasteiger partial charge >= 0.3 is 0 Å². The minimum atomic E-state index is -0.467. The van der Waals surface area contributed by atoms with Crippen LogP contribution < -0.4 is 0 Å². The Bertz CT molecular complexity index is 733. The van der Waals surface area contributed by atoms with Crippen LogP contribution in [-0.4, -0.2) is 35.6 Å². The first kappa shape index (κ1) is 15.2. The van der Waals surface area contributed by atoms with Crippen molar-refractivity contribution in [1.82, 2.24) is 9.88 Å². The molecule has 0 fully saturated rings. The molecule has 3 nitrogen and oxygen atoms in total. The zero-order valence-corrected chi connectivity index (χ0v) is 13.7. The Morgan fingerprint density at radius 2 is 1.82 bits per heavy atom. The van der Waals surface area contributed by atoms with Gasteiger partial charge in [0.25, 0.3) is 0 Å². The van der Waals surface area contributed by atoms with Gasteiger partial charge in [0.2, 0.25) is 0 Å². The van der Waals surface area contributed by atoms with Crippen molar-refractivity contribution in [2.24, 2.45) is 0 Å². The molecule has 1 atom stereocenters. The highest BCUT2D eigenvalue weighted by atomic mass is 32.1. The van der Waals surface area contributed by atoms with Gasteiger partial charge in [-0.1, -0.05) is 36.4 Å². The number of aliphatic hydroxyl groups is 1. The average molecular weight is 312 g/mol. The molecule has 0 radical (unpaired) electrons. The van der Waals surface area contributed by atoms with Crippen LogP contribution in [0.4, 0.5) is 0 Å². The molecule has 0 amide bonds. The van der Waals surface area contributed by atoms with E-state index in [-0.39, 0.29) is 0 Å². The second-order valence-electron chi connectivity index (χ2n) is 5.68. The van der Waals surface area contributed by atoms with Gasteiger partial charge in [0.15, 0.2) is 0 Å². The van der Waals surface area contributed by atoms with Gasteiger partial charge in [-0.05, 0) is 38.2 Å². The van der Waals surface area contributed by atoms with Crippen molar-refractivity contribution < 1.29 is 5.11 Å². The first-order chi connectivity index (χ1) is 10.6. The van der Waals surface area contributed by atoms with Crippen LogP contribution in [0.1, 0.15) is 18.1 Å². The summed E-state index contributed by atoms with van der Waals surface area (Å²) in [7, 11) is 4.04. The summed E-state index contributed by atoms with van der Waals surface area (Å²) in [6.07, 6.45) is 0.250. The molecule has 22 heavy (non-hydrogen) atoms. The van der Waals surface area contributed by atoms with E-state index in [1.54, 1.807) is 11.3 Å². The Kier molecular flexibility index (Phi) is 4.52. The number of benzene rings is 2. The molecule has 0 saturated carbocycles. The Morgan fingerprint density at radius 1 is 1.09 bits per heavy atom. The Balaban J connectivity index is 1.96. The maximum absolute atomic E-state index is 10.5. The summed E-state index contributed by atoms with van der Waals surface area (Å²) in [6, 6.07) is 16.2. The lowest BCUT2D eigenvalue weighted by molar-refractivity contribution is 0.155. The van der Waals surface area contributed by atoms with Crippen LogP contribution >= 0.6 is 11.3 Å². The van der Waals surface area contributed by atoms with E-state index in [2.05, 4.69) is 11.0 Å². The van der Waals surface area contributed by atoms with Crippen LogP contribution in [0.2, 0.25) is 0 Å². The normalized spacial score (nSPS) is 12.9. The first-order valence-corrected chi connectivity index (χ1v) is 8.24. The van der Waals surface area contributed by atoms with Crippen LogP contribution in [0.15, 0.2) is 48.5 Å². The summed E-state index contributed by atoms with van der Waals surface area (Å²) in [5.74, 6) is 0. The molecule has 1 aromatic heterocycles. The molecule has 0 aliphatic heterocycles. The molecule has 3 rings (SSSR count). The zero-order valence-electron chi connectivity index (χ0n) is 12.9. The lowest BCUT2D eigenvalue weighted by Crippen LogP contribution is -2.16. The molecule has 0 aliphatic rings. The minimum Gasteiger partial charge on any atom is -0.388 e. The van der Waals surface area contributed by atoms with Gasteiger partial charge in [-0.3, -0.25) is 0 Å². The number of nitrogens with zero attached hydrogens (tertiary/aromatic N) is 2. The second kappa shape index (κ2) is 6.57. The largest absolute Gasteiger partial charge is 0.388 e. The standard InChI is InChI=1S/C18H20N2OS/c1-20(2)12-11-16(21)13-7-3-4-8-14(13)18-19-15-9-5-6-10-17(15)22-18/h3-10,16,21H,11-12H2,1-2H3. The van der Waals surface area contributed by atoms with E-state index in [1.807, 2.05) is 56.6 Å². The van der Waals surface area contributed by atoms with Gasteiger partial charge in [-0.15, -0.1) is 11.3 Å². The number of para-hydroxylation sites is 1. The molecular weight excluding hydrogens is 292 g/mol. The molecule has 114 valence electrons. The van der Waals surface area contributed by atoms with Crippen molar-refractivity contribution in [3.8, 4) is 10.6 Å². The molecule has 0 saturated heterocycles. The summed E-state index contributed by atoms with van der Waals surface area (Å²) < 4.78 is 1.18. The molecule has 3 aromatic rings. The van der Waals surface area contributed by atoms with Crippen LogP contribution in [0.3, 0.4) is 0 Å². The van der Waals surface area contributed by atoms with Crippen molar-refractivity contribution in [1.29, 1.82) is 0 Å². The zero-order chi connectivity index (χ0) is 15.5. The van der Waals surface area contributed by atoms with Crippen LogP contribution in [0, 0.1) is 0 Å². The van der Waals surface area contributed by atoms with E-state index in [0.717, 1.165) is 34.6 Å². The number of thiazole rings is 1. The molecule has 2 aromatic carbocycles. The highest BCUT2D eigenvalue weighted by Gasteiger charge is 2.16. The second-order valence-corrected chi connectivity index (χ2v) is 6.71. The maximum Gasteiger partial charge on any atom is 0.124 e. The minimum absolute atomic E-state index is 0.467. The monoisotopic (exact) mass is 312 g/mol. The molecule has 1 unspecified atom stereocenters.